The van der Waals surface area contributed by atoms with E-state index in [1.54, 1.807) is 67.7 Å². The summed E-state index contributed by atoms with van der Waals surface area (Å²) in [6, 6.07) is 18.7. The summed E-state index contributed by atoms with van der Waals surface area (Å²) < 4.78 is 13.0. The fourth-order valence-corrected chi connectivity index (χ4v) is 4.19. The van der Waals surface area contributed by atoms with E-state index in [0.717, 1.165) is 15.7 Å². The van der Waals surface area contributed by atoms with Gasteiger partial charge in [0.05, 0.1) is 23.0 Å². The van der Waals surface area contributed by atoms with Crippen LogP contribution >= 0.6 is 0 Å². The first-order valence-corrected chi connectivity index (χ1v) is 11.6. The molecule has 5 rings (SSSR count). The van der Waals surface area contributed by atoms with Crippen LogP contribution in [0.5, 0.6) is 11.5 Å². The van der Waals surface area contributed by atoms with E-state index in [0.29, 0.717) is 28.1 Å². The van der Waals surface area contributed by atoms with Crippen molar-refractivity contribution in [3.8, 4) is 17.2 Å². The summed E-state index contributed by atoms with van der Waals surface area (Å²) in [6.45, 7) is 0.112. The van der Waals surface area contributed by atoms with Crippen LogP contribution in [0, 0.1) is 0 Å². The average molecular weight is 501 g/mol. The molecule has 10 heteroatoms. The Morgan fingerprint density at radius 1 is 0.892 bits per heavy atom. The molecule has 2 heterocycles. The summed E-state index contributed by atoms with van der Waals surface area (Å²) in [5.74, 6) is 0.722. The normalized spacial score (nSPS) is 11.9. The minimum atomic E-state index is -0.638. The second-order valence-electron chi connectivity index (χ2n) is 8.51. The molecule has 0 saturated heterocycles. The van der Waals surface area contributed by atoms with Crippen molar-refractivity contribution < 1.29 is 19.1 Å². The summed E-state index contributed by atoms with van der Waals surface area (Å²) in [6.07, 6.45) is 0.178. The Morgan fingerprint density at radius 2 is 1.62 bits per heavy atom. The summed E-state index contributed by atoms with van der Waals surface area (Å²) in [5.41, 5.74) is 1.13. The number of carbonyl (C=O) groups excluding carboxylic acids is 2. The molecule has 0 aliphatic carbocycles. The zero-order valence-electron chi connectivity index (χ0n) is 20.0. The van der Waals surface area contributed by atoms with Gasteiger partial charge in [0.15, 0.2) is 11.5 Å². The van der Waals surface area contributed by atoms with Crippen molar-refractivity contribution in [2.24, 2.45) is 0 Å². The lowest BCUT2D eigenvalue weighted by Crippen LogP contribution is -2.41. The van der Waals surface area contributed by atoms with E-state index in [4.69, 9.17) is 9.47 Å². The fraction of sp³-hybridized carbons (Fsp3) is 0.185. The summed E-state index contributed by atoms with van der Waals surface area (Å²) in [5, 5.41) is 5.68. The molecule has 0 spiro atoms. The maximum absolute atomic E-state index is 13.5. The largest absolute Gasteiger partial charge is 0.454 e. The molecule has 0 radical (unpaired) electrons. The molecular weight excluding hydrogens is 476 g/mol. The highest BCUT2D eigenvalue weighted by molar-refractivity contribution is 5.82. The van der Waals surface area contributed by atoms with Crippen LogP contribution in [0.1, 0.15) is 11.1 Å². The number of likely N-dealkylation sites (N-methyl/N-ethyl adjacent to an activating group) is 1. The smallest absolute Gasteiger partial charge is 0.336 e. The van der Waals surface area contributed by atoms with Gasteiger partial charge in [0, 0.05) is 13.6 Å². The molecule has 0 saturated carbocycles. The quantitative estimate of drug-likeness (QED) is 0.397. The van der Waals surface area contributed by atoms with E-state index in [1.807, 2.05) is 6.07 Å². The number of benzene rings is 3. The van der Waals surface area contributed by atoms with Crippen LogP contribution in [0.25, 0.3) is 16.6 Å². The minimum absolute atomic E-state index is 0.148. The highest BCUT2D eigenvalue weighted by Gasteiger charge is 2.17. The van der Waals surface area contributed by atoms with Crippen LogP contribution < -0.4 is 31.4 Å². The van der Waals surface area contributed by atoms with Gasteiger partial charge in [-0.2, -0.15) is 0 Å². The lowest BCUT2D eigenvalue weighted by Gasteiger charge is -2.14. The zero-order valence-corrected chi connectivity index (χ0v) is 20.0. The van der Waals surface area contributed by atoms with Crippen molar-refractivity contribution in [2.45, 2.75) is 19.5 Å². The highest BCUT2D eigenvalue weighted by atomic mass is 16.7. The third kappa shape index (κ3) is 4.81. The van der Waals surface area contributed by atoms with E-state index in [2.05, 4.69) is 10.6 Å². The van der Waals surface area contributed by atoms with Crippen molar-refractivity contribution in [3.63, 3.8) is 0 Å². The topological polar surface area (TPSA) is 121 Å². The van der Waals surface area contributed by atoms with Gasteiger partial charge in [-0.25, -0.2) is 9.36 Å². The number of hydrogen-bond donors (Lipinski definition) is 2. The number of para-hydroxylation sites is 1. The van der Waals surface area contributed by atoms with Gasteiger partial charge in [-0.15, -0.1) is 0 Å². The Balaban J connectivity index is 1.44. The molecular formula is C27H24N4O6. The van der Waals surface area contributed by atoms with Crippen LogP contribution in [0.2, 0.25) is 0 Å². The number of nitrogens with zero attached hydrogens (tertiary/aromatic N) is 2. The summed E-state index contributed by atoms with van der Waals surface area (Å²) in [7, 11) is 1.55. The van der Waals surface area contributed by atoms with Crippen LogP contribution in [-0.4, -0.2) is 34.8 Å². The van der Waals surface area contributed by atoms with Gasteiger partial charge in [0.25, 0.3) is 5.56 Å². The second-order valence-corrected chi connectivity index (χ2v) is 8.51. The molecule has 37 heavy (non-hydrogen) atoms. The molecule has 2 amide bonds. The molecule has 0 unspecified atom stereocenters. The van der Waals surface area contributed by atoms with E-state index >= 15 is 0 Å². The van der Waals surface area contributed by atoms with Gasteiger partial charge in [0.1, 0.15) is 6.54 Å². The lowest BCUT2D eigenvalue weighted by molar-refractivity contribution is -0.122. The van der Waals surface area contributed by atoms with E-state index in [9.17, 15) is 19.2 Å². The number of carbonyl (C=O) groups is 2. The number of ether oxygens (including phenoxy) is 2. The Kier molecular flexibility index (Phi) is 6.46. The number of hydrogen-bond acceptors (Lipinski definition) is 6. The first-order valence-electron chi connectivity index (χ1n) is 11.6. The molecule has 10 nitrogen and oxygen atoms in total. The molecule has 188 valence electrons. The van der Waals surface area contributed by atoms with Crippen LogP contribution in [0.15, 0.2) is 76.3 Å². The van der Waals surface area contributed by atoms with Crippen molar-refractivity contribution in [3.05, 3.63) is 98.7 Å². The number of rotatable bonds is 7. The van der Waals surface area contributed by atoms with Crippen LogP contribution in [0.4, 0.5) is 0 Å². The molecule has 0 bridgehead atoms. The molecule has 1 aliphatic heterocycles. The minimum Gasteiger partial charge on any atom is -0.454 e. The zero-order chi connectivity index (χ0) is 25.9. The van der Waals surface area contributed by atoms with E-state index < -0.39 is 17.2 Å². The standard InChI is InChI=1S/C27H24N4O6/c1-28-24(32)13-17-6-9-19(10-7-17)31-26(34)20-4-2-3-5-21(20)30(27(31)35)15-25(33)29-14-18-8-11-22-23(12-18)37-16-36-22/h2-12H,13-16H2,1H3,(H,28,32)(H,29,33). The van der Waals surface area contributed by atoms with Crippen LogP contribution in [0.3, 0.4) is 0 Å². The van der Waals surface area contributed by atoms with E-state index in [1.165, 1.54) is 4.57 Å². The van der Waals surface area contributed by atoms with Gasteiger partial charge in [-0.1, -0.05) is 30.3 Å². The Labute approximate surface area is 211 Å². The molecule has 1 aliphatic rings. The maximum Gasteiger partial charge on any atom is 0.336 e. The molecule has 2 N–H and O–H groups in total. The molecule has 3 aromatic carbocycles. The van der Waals surface area contributed by atoms with Crippen LogP contribution in [-0.2, 0) is 29.1 Å². The number of nitrogens with one attached hydrogen (secondary N) is 2. The third-order valence-electron chi connectivity index (χ3n) is 6.12. The van der Waals surface area contributed by atoms with Crippen molar-refractivity contribution in [1.82, 2.24) is 19.8 Å². The second kappa shape index (κ2) is 10.0. The van der Waals surface area contributed by atoms with Gasteiger partial charge >= 0.3 is 5.69 Å². The predicted molar refractivity (Wildman–Crippen MR) is 136 cm³/mol. The molecule has 0 atom stereocenters. The molecule has 0 fully saturated rings. The van der Waals surface area contributed by atoms with Crippen molar-refractivity contribution >= 4 is 22.7 Å². The first-order chi connectivity index (χ1) is 17.9. The predicted octanol–water partition coefficient (Wildman–Crippen LogP) is 1.49. The Bertz CT molecular complexity index is 1620. The monoisotopic (exact) mass is 500 g/mol. The van der Waals surface area contributed by atoms with E-state index in [-0.39, 0.29) is 32.2 Å². The lowest BCUT2D eigenvalue weighted by atomic mass is 10.1. The van der Waals surface area contributed by atoms with Gasteiger partial charge < -0.3 is 20.1 Å². The average Bonchev–Trinajstić information content (AvgIpc) is 3.39. The number of amides is 2. The maximum atomic E-state index is 13.5. The number of fused-ring (bicyclic) bond motifs is 2. The Morgan fingerprint density at radius 3 is 2.41 bits per heavy atom. The SMILES string of the molecule is CNC(=O)Cc1ccc(-n2c(=O)c3ccccc3n(CC(=O)NCc3ccc4c(c3)OCO4)c2=O)cc1. The van der Waals surface area contributed by atoms with Crippen molar-refractivity contribution in [1.29, 1.82) is 0 Å². The molecule has 1 aromatic heterocycles. The first kappa shape index (κ1) is 23.9. The fourth-order valence-electron chi connectivity index (χ4n) is 4.19. The summed E-state index contributed by atoms with van der Waals surface area (Å²) in [4.78, 5) is 51.3. The van der Waals surface area contributed by atoms with Gasteiger partial charge in [-0.3, -0.25) is 19.0 Å². The highest BCUT2D eigenvalue weighted by Crippen LogP contribution is 2.32. The van der Waals surface area contributed by atoms with Crippen molar-refractivity contribution in [2.75, 3.05) is 13.8 Å². The third-order valence-corrected chi connectivity index (χ3v) is 6.12. The number of aromatic nitrogens is 2. The molecule has 4 aromatic rings. The van der Waals surface area contributed by atoms with Gasteiger partial charge in [0.2, 0.25) is 18.6 Å². The summed E-state index contributed by atoms with van der Waals surface area (Å²) >= 11 is 0. The Hall–Kier alpha value is -4.86. The van der Waals surface area contributed by atoms with Gasteiger partial charge in [-0.05, 0) is 47.5 Å².